The number of carbonyl (C=O) groups is 1. The maximum Gasteiger partial charge on any atom is 0.289 e. The summed E-state index contributed by atoms with van der Waals surface area (Å²) in [7, 11) is 0. The molecule has 1 saturated heterocycles. The van der Waals surface area contributed by atoms with Crippen molar-refractivity contribution in [2.45, 2.75) is 26.7 Å². The Labute approximate surface area is 232 Å². The molecule has 4 heterocycles. The molecule has 6 rings (SSSR count). The van der Waals surface area contributed by atoms with E-state index >= 15 is 0 Å². The van der Waals surface area contributed by atoms with Gasteiger partial charge in [-0.1, -0.05) is 49.3 Å². The summed E-state index contributed by atoms with van der Waals surface area (Å²) < 4.78 is 17.2. The molecule has 3 aromatic heterocycles. The van der Waals surface area contributed by atoms with E-state index in [2.05, 4.69) is 23.9 Å². The number of anilines is 1. The van der Waals surface area contributed by atoms with Crippen molar-refractivity contribution < 1.29 is 18.5 Å². The van der Waals surface area contributed by atoms with Crippen molar-refractivity contribution in [3.05, 3.63) is 84.6 Å². The number of benzene rings is 2. The normalized spacial score (nSPS) is 14.1. The Kier molecular flexibility index (Phi) is 7.18. The largest absolute Gasteiger partial charge is 0.459 e. The first kappa shape index (κ1) is 25.6. The van der Waals surface area contributed by atoms with Crippen LogP contribution in [-0.2, 0) is 6.42 Å². The first-order chi connectivity index (χ1) is 19.5. The van der Waals surface area contributed by atoms with Gasteiger partial charge in [-0.3, -0.25) is 4.79 Å². The molecule has 0 spiro atoms. The SMILES string of the molecule is CC(C)Cc1nc(N2CCCN(C(=O)c3ccco3)CC2)c2c(-c3cccc(Oc4ccccc4)c3)noc2n1. The van der Waals surface area contributed by atoms with Crippen LogP contribution in [0.5, 0.6) is 11.5 Å². The van der Waals surface area contributed by atoms with Crippen molar-refractivity contribution in [1.82, 2.24) is 20.0 Å². The molecule has 1 fully saturated rings. The smallest absolute Gasteiger partial charge is 0.289 e. The van der Waals surface area contributed by atoms with Gasteiger partial charge < -0.3 is 23.5 Å². The lowest BCUT2D eigenvalue weighted by Crippen LogP contribution is -2.35. The third-order valence-electron chi connectivity index (χ3n) is 6.86. The zero-order valence-electron chi connectivity index (χ0n) is 22.6. The lowest BCUT2D eigenvalue weighted by molar-refractivity contribution is 0.0735. The van der Waals surface area contributed by atoms with E-state index in [1.807, 2.05) is 59.5 Å². The van der Waals surface area contributed by atoms with Gasteiger partial charge in [-0.25, -0.2) is 4.98 Å². The van der Waals surface area contributed by atoms with E-state index < -0.39 is 0 Å². The van der Waals surface area contributed by atoms with Crippen molar-refractivity contribution in [3.8, 4) is 22.8 Å². The number of amides is 1. The van der Waals surface area contributed by atoms with E-state index in [1.165, 1.54) is 6.26 Å². The van der Waals surface area contributed by atoms with E-state index in [0.29, 0.717) is 54.3 Å². The lowest BCUT2D eigenvalue weighted by atomic mass is 10.1. The molecule has 0 saturated carbocycles. The maximum absolute atomic E-state index is 13.0. The number of fused-ring (bicyclic) bond motifs is 1. The van der Waals surface area contributed by atoms with Crippen LogP contribution in [0.3, 0.4) is 0 Å². The summed E-state index contributed by atoms with van der Waals surface area (Å²) in [6.45, 7) is 6.81. The number of rotatable bonds is 7. The van der Waals surface area contributed by atoms with E-state index in [4.69, 9.17) is 23.6 Å². The van der Waals surface area contributed by atoms with E-state index in [-0.39, 0.29) is 5.91 Å². The number of hydrogen-bond donors (Lipinski definition) is 0. The molecule has 2 aromatic carbocycles. The zero-order chi connectivity index (χ0) is 27.5. The van der Waals surface area contributed by atoms with Gasteiger partial charge >= 0.3 is 0 Å². The van der Waals surface area contributed by atoms with Gasteiger partial charge in [0.2, 0.25) is 0 Å². The molecule has 5 aromatic rings. The van der Waals surface area contributed by atoms with E-state index in [1.54, 1.807) is 12.1 Å². The first-order valence-corrected chi connectivity index (χ1v) is 13.6. The standard InChI is InChI=1S/C31H31N5O4/c1-21(2)19-26-32-29(35-14-8-15-36(17-16-35)31(37)25-13-7-18-38-25)27-28(34-40-30(27)33-26)22-9-6-12-24(20-22)39-23-10-4-3-5-11-23/h3-7,9-13,18,20-21H,8,14-17,19H2,1-2H3. The van der Waals surface area contributed by atoms with Crippen molar-refractivity contribution in [1.29, 1.82) is 0 Å². The lowest BCUT2D eigenvalue weighted by Gasteiger charge is -2.23. The predicted molar refractivity (Wildman–Crippen MR) is 152 cm³/mol. The van der Waals surface area contributed by atoms with E-state index in [0.717, 1.165) is 41.9 Å². The molecule has 1 aliphatic heterocycles. The average molecular weight is 538 g/mol. The van der Waals surface area contributed by atoms with Crippen LogP contribution in [0.2, 0.25) is 0 Å². The summed E-state index contributed by atoms with van der Waals surface area (Å²) in [5, 5.41) is 5.21. The third kappa shape index (κ3) is 5.40. The second-order valence-corrected chi connectivity index (χ2v) is 10.3. The molecular formula is C31H31N5O4. The molecule has 0 unspecified atom stereocenters. The minimum absolute atomic E-state index is 0.0962. The third-order valence-corrected chi connectivity index (χ3v) is 6.86. The van der Waals surface area contributed by atoms with Crippen LogP contribution in [0.15, 0.2) is 81.9 Å². The number of hydrogen-bond acceptors (Lipinski definition) is 8. The summed E-state index contributed by atoms with van der Waals surface area (Å²) in [4.78, 5) is 26.8. The van der Waals surface area contributed by atoms with Gasteiger partial charge in [0.25, 0.3) is 11.6 Å². The summed E-state index contributed by atoms with van der Waals surface area (Å²) in [6.07, 6.45) is 3.04. The van der Waals surface area contributed by atoms with Crippen LogP contribution in [0.4, 0.5) is 5.82 Å². The Morgan fingerprint density at radius 3 is 2.60 bits per heavy atom. The van der Waals surface area contributed by atoms with Crippen LogP contribution in [0.1, 0.15) is 36.6 Å². The Morgan fingerprint density at radius 2 is 1.80 bits per heavy atom. The van der Waals surface area contributed by atoms with Crippen LogP contribution in [0.25, 0.3) is 22.4 Å². The van der Waals surface area contributed by atoms with Gasteiger partial charge in [-0.05, 0) is 48.7 Å². The minimum atomic E-state index is -0.0962. The van der Waals surface area contributed by atoms with Crippen molar-refractivity contribution in [2.24, 2.45) is 5.92 Å². The number of carbonyl (C=O) groups excluding carboxylic acids is 1. The Bertz CT molecular complexity index is 1600. The van der Waals surface area contributed by atoms with Crippen LogP contribution >= 0.6 is 0 Å². The van der Waals surface area contributed by atoms with Gasteiger partial charge in [0, 0.05) is 38.2 Å². The Morgan fingerprint density at radius 1 is 0.950 bits per heavy atom. The second kappa shape index (κ2) is 11.2. The van der Waals surface area contributed by atoms with Gasteiger partial charge in [-0.2, -0.15) is 4.98 Å². The van der Waals surface area contributed by atoms with Gasteiger partial charge in [0.1, 0.15) is 34.2 Å². The number of aromatic nitrogens is 3. The highest BCUT2D eigenvalue weighted by molar-refractivity contribution is 5.98. The van der Waals surface area contributed by atoms with Gasteiger partial charge in [-0.15, -0.1) is 0 Å². The summed E-state index contributed by atoms with van der Waals surface area (Å²) in [5.41, 5.74) is 1.96. The predicted octanol–water partition coefficient (Wildman–Crippen LogP) is 6.22. The van der Waals surface area contributed by atoms with E-state index in [9.17, 15) is 4.79 Å². The topological polar surface area (TPSA) is 97.7 Å². The maximum atomic E-state index is 13.0. The number of para-hydroxylation sites is 1. The number of nitrogens with zero attached hydrogens (tertiary/aromatic N) is 5. The molecule has 1 aliphatic rings. The number of furan rings is 1. The molecule has 204 valence electrons. The van der Waals surface area contributed by atoms with Crippen LogP contribution in [-0.4, -0.2) is 52.1 Å². The molecule has 1 amide bonds. The zero-order valence-corrected chi connectivity index (χ0v) is 22.6. The van der Waals surface area contributed by atoms with Crippen molar-refractivity contribution in [2.75, 3.05) is 31.1 Å². The van der Waals surface area contributed by atoms with Gasteiger partial charge in [0.05, 0.1) is 6.26 Å². The Hall–Kier alpha value is -4.66. The summed E-state index contributed by atoms with van der Waals surface area (Å²) >= 11 is 0. The van der Waals surface area contributed by atoms with Crippen LogP contribution < -0.4 is 9.64 Å². The highest BCUT2D eigenvalue weighted by atomic mass is 16.5. The fraction of sp³-hybridized carbons (Fsp3) is 0.290. The van der Waals surface area contributed by atoms with Crippen molar-refractivity contribution >= 4 is 22.8 Å². The fourth-order valence-corrected chi connectivity index (χ4v) is 4.98. The quantitative estimate of drug-likeness (QED) is 0.241. The average Bonchev–Trinajstić information content (AvgIpc) is 3.58. The molecular weight excluding hydrogens is 506 g/mol. The molecule has 0 aliphatic carbocycles. The molecule has 0 radical (unpaired) electrons. The molecule has 9 heteroatoms. The summed E-state index contributed by atoms with van der Waals surface area (Å²) in [5.74, 6) is 3.58. The highest BCUT2D eigenvalue weighted by Gasteiger charge is 2.27. The second-order valence-electron chi connectivity index (χ2n) is 10.3. The monoisotopic (exact) mass is 537 g/mol. The van der Waals surface area contributed by atoms with Crippen molar-refractivity contribution in [3.63, 3.8) is 0 Å². The molecule has 0 atom stereocenters. The fourth-order valence-electron chi connectivity index (χ4n) is 4.98. The minimum Gasteiger partial charge on any atom is -0.459 e. The number of ether oxygens (including phenoxy) is 1. The molecule has 40 heavy (non-hydrogen) atoms. The molecule has 0 bridgehead atoms. The highest BCUT2D eigenvalue weighted by Crippen LogP contribution is 2.36. The van der Waals surface area contributed by atoms with Crippen LogP contribution in [0, 0.1) is 5.92 Å². The summed E-state index contributed by atoms with van der Waals surface area (Å²) in [6, 6.07) is 20.9. The molecule has 0 N–H and O–H groups in total. The Balaban J connectivity index is 1.35. The molecule has 9 nitrogen and oxygen atoms in total. The van der Waals surface area contributed by atoms with Gasteiger partial charge in [0.15, 0.2) is 5.76 Å². The first-order valence-electron chi connectivity index (χ1n) is 13.6.